The van der Waals surface area contributed by atoms with Gasteiger partial charge in [0.1, 0.15) is 12.4 Å². The quantitative estimate of drug-likeness (QED) is 0.462. The van der Waals surface area contributed by atoms with E-state index >= 15 is 0 Å². The second-order valence-electron chi connectivity index (χ2n) is 6.24. The standard InChI is InChI=1S/C24H23NO.H2/c1-4-20-9-11-21(12-10-20)17-26-23-15-13-22(14-16-23)19(3)25-24-8-6-5-7-18(24)2;/h4-16H,1,17H2,2-3H3;1H. The molecule has 0 fully saturated rings. The smallest absolute Gasteiger partial charge is 0.119 e. The lowest BCUT2D eigenvalue weighted by Gasteiger charge is -2.08. The van der Waals surface area contributed by atoms with E-state index in [0.29, 0.717) is 6.61 Å². The summed E-state index contributed by atoms with van der Waals surface area (Å²) in [5, 5.41) is 0. The van der Waals surface area contributed by atoms with Gasteiger partial charge in [0.25, 0.3) is 0 Å². The van der Waals surface area contributed by atoms with Crippen LogP contribution in [-0.2, 0) is 6.61 Å². The van der Waals surface area contributed by atoms with Gasteiger partial charge in [0, 0.05) is 7.14 Å². The Labute approximate surface area is 157 Å². The number of ether oxygens (including phenoxy) is 1. The Kier molecular flexibility index (Phi) is 5.65. The highest BCUT2D eigenvalue weighted by atomic mass is 16.5. The summed E-state index contributed by atoms with van der Waals surface area (Å²) in [6.07, 6.45) is 1.84. The Morgan fingerprint density at radius 1 is 1.00 bits per heavy atom. The van der Waals surface area contributed by atoms with Crippen LogP contribution in [0.1, 0.15) is 30.6 Å². The Bertz CT molecular complexity index is 912. The van der Waals surface area contributed by atoms with Gasteiger partial charge in [-0.3, -0.25) is 4.99 Å². The number of aryl methyl sites for hydroxylation is 1. The predicted molar refractivity (Wildman–Crippen MR) is 112 cm³/mol. The van der Waals surface area contributed by atoms with Gasteiger partial charge in [-0.15, -0.1) is 0 Å². The molecule has 0 saturated heterocycles. The lowest BCUT2D eigenvalue weighted by molar-refractivity contribution is 0.306. The van der Waals surface area contributed by atoms with E-state index in [1.807, 2.05) is 67.6 Å². The molecule has 3 rings (SSSR count). The van der Waals surface area contributed by atoms with Crippen LogP contribution in [0, 0.1) is 6.92 Å². The molecule has 0 atom stereocenters. The largest absolute Gasteiger partial charge is 0.489 e. The molecule has 132 valence electrons. The Morgan fingerprint density at radius 2 is 1.69 bits per heavy atom. The number of hydrogen-bond acceptors (Lipinski definition) is 2. The van der Waals surface area contributed by atoms with Crippen LogP contribution >= 0.6 is 0 Å². The number of hydrogen-bond donors (Lipinski definition) is 0. The normalized spacial score (nSPS) is 11.2. The van der Waals surface area contributed by atoms with Crippen molar-refractivity contribution < 1.29 is 6.16 Å². The molecule has 0 saturated carbocycles. The first kappa shape index (κ1) is 17.7. The third-order valence-electron chi connectivity index (χ3n) is 4.30. The highest BCUT2D eigenvalue weighted by Crippen LogP contribution is 2.20. The molecule has 0 heterocycles. The molecule has 0 N–H and O–H groups in total. The van der Waals surface area contributed by atoms with Crippen LogP contribution in [0.3, 0.4) is 0 Å². The second-order valence-corrected chi connectivity index (χ2v) is 6.24. The van der Waals surface area contributed by atoms with Crippen LogP contribution in [0.5, 0.6) is 5.75 Å². The Morgan fingerprint density at radius 3 is 2.35 bits per heavy atom. The third kappa shape index (κ3) is 4.48. The number of nitrogens with zero attached hydrogens (tertiary/aromatic N) is 1. The summed E-state index contributed by atoms with van der Waals surface area (Å²) in [5.74, 6) is 0.852. The molecule has 0 amide bonds. The molecule has 0 aliphatic heterocycles. The van der Waals surface area contributed by atoms with Crippen molar-refractivity contribution in [3.63, 3.8) is 0 Å². The molecule has 3 aromatic carbocycles. The zero-order valence-corrected chi connectivity index (χ0v) is 15.3. The molecule has 0 aliphatic carbocycles. The van der Waals surface area contributed by atoms with Crippen molar-refractivity contribution in [2.45, 2.75) is 20.5 Å². The average Bonchev–Trinajstić information content (AvgIpc) is 2.69. The predicted octanol–water partition coefficient (Wildman–Crippen LogP) is 6.60. The molecular weight excluding hydrogens is 318 g/mol. The third-order valence-corrected chi connectivity index (χ3v) is 4.30. The maximum Gasteiger partial charge on any atom is 0.119 e. The van der Waals surface area contributed by atoms with Gasteiger partial charge in [-0.2, -0.15) is 0 Å². The van der Waals surface area contributed by atoms with E-state index in [2.05, 4.69) is 31.7 Å². The summed E-state index contributed by atoms with van der Waals surface area (Å²) < 4.78 is 5.87. The molecule has 0 radical (unpaired) electrons. The Hall–Kier alpha value is -3.13. The van der Waals surface area contributed by atoms with Crippen LogP contribution in [0.4, 0.5) is 5.69 Å². The van der Waals surface area contributed by atoms with Crippen molar-refractivity contribution in [3.05, 3.63) is 102 Å². The first-order valence-electron chi connectivity index (χ1n) is 8.71. The summed E-state index contributed by atoms with van der Waals surface area (Å²) >= 11 is 0. The molecular formula is C24H25NO. The van der Waals surface area contributed by atoms with Gasteiger partial charge >= 0.3 is 0 Å². The van der Waals surface area contributed by atoms with Gasteiger partial charge < -0.3 is 4.74 Å². The number of benzene rings is 3. The van der Waals surface area contributed by atoms with E-state index in [1.165, 1.54) is 5.56 Å². The first-order valence-corrected chi connectivity index (χ1v) is 8.71. The average molecular weight is 343 g/mol. The van der Waals surface area contributed by atoms with E-state index in [-0.39, 0.29) is 1.43 Å². The van der Waals surface area contributed by atoms with Crippen LogP contribution in [-0.4, -0.2) is 5.71 Å². The van der Waals surface area contributed by atoms with E-state index in [4.69, 9.17) is 9.73 Å². The van der Waals surface area contributed by atoms with Crippen molar-refractivity contribution in [2.75, 3.05) is 0 Å². The molecule has 0 aromatic heterocycles. The molecule has 0 bridgehead atoms. The monoisotopic (exact) mass is 343 g/mol. The van der Waals surface area contributed by atoms with Crippen LogP contribution < -0.4 is 4.74 Å². The molecule has 2 heteroatoms. The molecule has 0 aliphatic rings. The van der Waals surface area contributed by atoms with Crippen molar-refractivity contribution in [1.82, 2.24) is 0 Å². The maximum absolute atomic E-state index is 5.87. The summed E-state index contributed by atoms with van der Waals surface area (Å²) in [5.41, 5.74) is 6.52. The molecule has 0 unspecified atom stereocenters. The van der Waals surface area contributed by atoms with Crippen molar-refractivity contribution in [1.29, 1.82) is 0 Å². The highest BCUT2D eigenvalue weighted by Gasteiger charge is 2.02. The topological polar surface area (TPSA) is 21.6 Å². The van der Waals surface area contributed by atoms with Gasteiger partial charge in [0.15, 0.2) is 0 Å². The van der Waals surface area contributed by atoms with Gasteiger partial charge in [-0.1, -0.05) is 55.1 Å². The van der Waals surface area contributed by atoms with Gasteiger partial charge in [0.05, 0.1) is 5.69 Å². The van der Waals surface area contributed by atoms with E-state index in [9.17, 15) is 0 Å². The van der Waals surface area contributed by atoms with Crippen molar-refractivity contribution in [2.24, 2.45) is 4.99 Å². The fourth-order valence-electron chi connectivity index (χ4n) is 2.64. The molecule has 26 heavy (non-hydrogen) atoms. The second kappa shape index (κ2) is 8.30. The van der Waals surface area contributed by atoms with Crippen LogP contribution in [0.25, 0.3) is 6.08 Å². The van der Waals surface area contributed by atoms with Gasteiger partial charge in [-0.05, 0) is 66.4 Å². The number of para-hydroxylation sites is 1. The fourth-order valence-corrected chi connectivity index (χ4v) is 2.64. The van der Waals surface area contributed by atoms with E-state index in [0.717, 1.165) is 33.8 Å². The lowest BCUT2D eigenvalue weighted by atomic mass is 10.1. The summed E-state index contributed by atoms with van der Waals surface area (Å²) in [7, 11) is 0. The molecule has 3 aromatic rings. The van der Waals surface area contributed by atoms with E-state index < -0.39 is 0 Å². The number of aliphatic imine (C=N–C) groups is 1. The van der Waals surface area contributed by atoms with E-state index in [1.54, 1.807) is 0 Å². The SMILES string of the molecule is C=Cc1ccc(COc2ccc(C(C)=Nc3ccccc3C)cc2)cc1.[HH]. The zero-order valence-electron chi connectivity index (χ0n) is 15.3. The summed E-state index contributed by atoms with van der Waals surface area (Å²) in [6, 6.07) is 24.4. The summed E-state index contributed by atoms with van der Waals surface area (Å²) in [4.78, 5) is 4.74. The van der Waals surface area contributed by atoms with Gasteiger partial charge in [0.2, 0.25) is 0 Å². The summed E-state index contributed by atoms with van der Waals surface area (Å²) in [6.45, 7) is 8.42. The first-order chi connectivity index (χ1) is 12.7. The minimum absolute atomic E-state index is 0. The van der Waals surface area contributed by atoms with Gasteiger partial charge in [-0.25, -0.2) is 0 Å². The van der Waals surface area contributed by atoms with Crippen LogP contribution in [0.2, 0.25) is 0 Å². The highest BCUT2D eigenvalue weighted by molar-refractivity contribution is 6.00. The van der Waals surface area contributed by atoms with Crippen molar-refractivity contribution >= 4 is 17.5 Å². The minimum atomic E-state index is 0. The van der Waals surface area contributed by atoms with Crippen molar-refractivity contribution in [3.8, 4) is 5.75 Å². The lowest BCUT2D eigenvalue weighted by Crippen LogP contribution is -1.97. The minimum Gasteiger partial charge on any atom is -0.489 e. The zero-order chi connectivity index (χ0) is 18.4. The molecule has 0 spiro atoms. The van der Waals surface area contributed by atoms with Crippen LogP contribution in [0.15, 0.2) is 84.4 Å². The Balaban J connectivity index is 0.00000261. The fraction of sp³-hybridized carbons (Fsp3) is 0.125. The number of rotatable bonds is 6. The molecule has 2 nitrogen and oxygen atoms in total. The maximum atomic E-state index is 5.87.